The lowest BCUT2D eigenvalue weighted by Crippen LogP contribution is -2.37. The summed E-state index contributed by atoms with van der Waals surface area (Å²) in [6.45, 7) is 5.91. The van der Waals surface area contributed by atoms with Gasteiger partial charge < -0.3 is 4.90 Å². The van der Waals surface area contributed by atoms with Crippen LogP contribution in [0.15, 0.2) is 24.3 Å². The molecule has 2 aromatic rings. The molecule has 0 bridgehead atoms. The first-order valence-corrected chi connectivity index (χ1v) is 7.58. The number of amides is 1. The summed E-state index contributed by atoms with van der Waals surface area (Å²) in [5.41, 5.74) is 3.67. The zero-order chi connectivity index (χ0) is 15.0. The zero-order valence-corrected chi connectivity index (χ0v) is 13.0. The number of halogens is 1. The van der Waals surface area contributed by atoms with E-state index in [0.29, 0.717) is 11.6 Å². The van der Waals surface area contributed by atoms with Crippen molar-refractivity contribution in [2.45, 2.75) is 33.4 Å². The second-order valence-electron chi connectivity index (χ2n) is 5.30. The van der Waals surface area contributed by atoms with E-state index in [0.717, 1.165) is 42.0 Å². The van der Waals surface area contributed by atoms with Gasteiger partial charge in [-0.05, 0) is 31.9 Å². The largest absolute Gasteiger partial charge is 0.332 e. The molecular weight excluding hydrogens is 286 g/mol. The van der Waals surface area contributed by atoms with E-state index < -0.39 is 0 Å². The molecule has 0 saturated heterocycles. The Labute approximate surface area is 129 Å². The molecule has 0 spiro atoms. The van der Waals surface area contributed by atoms with Crippen molar-refractivity contribution in [3.63, 3.8) is 0 Å². The molecule has 1 amide bonds. The Morgan fingerprint density at radius 2 is 2.10 bits per heavy atom. The van der Waals surface area contributed by atoms with E-state index in [4.69, 9.17) is 11.6 Å². The lowest BCUT2D eigenvalue weighted by atomic mass is 9.99. The number of carbonyl (C=O) groups excluding carboxylic acids is 1. The van der Waals surface area contributed by atoms with E-state index in [1.54, 1.807) is 0 Å². The molecule has 21 heavy (non-hydrogen) atoms. The highest BCUT2D eigenvalue weighted by Gasteiger charge is 2.26. The molecule has 1 aromatic carbocycles. The third-order valence-corrected chi connectivity index (χ3v) is 4.47. The molecule has 3 rings (SSSR count). The summed E-state index contributed by atoms with van der Waals surface area (Å²) >= 11 is 6.34. The standard InChI is InChI=1S/C16H18ClN3O/c1-3-20-14(15(17)11(2)18-20)10-19-9-8-12-6-4-5-7-13(12)16(19)21/h4-7H,3,8-10H2,1-2H3. The fraction of sp³-hybridized carbons (Fsp3) is 0.375. The number of aryl methyl sites for hydroxylation is 2. The van der Waals surface area contributed by atoms with Gasteiger partial charge in [0.25, 0.3) is 5.91 Å². The average Bonchev–Trinajstić information content (AvgIpc) is 2.78. The molecule has 0 aliphatic carbocycles. The number of carbonyl (C=O) groups is 1. The van der Waals surface area contributed by atoms with E-state index in [9.17, 15) is 4.79 Å². The van der Waals surface area contributed by atoms with Crippen LogP contribution < -0.4 is 0 Å². The maximum Gasteiger partial charge on any atom is 0.254 e. The van der Waals surface area contributed by atoms with Crippen molar-refractivity contribution < 1.29 is 4.79 Å². The van der Waals surface area contributed by atoms with Crippen LogP contribution in [0.5, 0.6) is 0 Å². The number of hydrogen-bond donors (Lipinski definition) is 0. The highest BCUT2D eigenvalue weighted by Crippen LogP contribution is 2.25. The van der Waals surface area contributed by atoms with Crippen molar-refractivity contribution in [1.82, 2.24) is 14.7 Å². The van der Waals surface area contributed by atoms with E-state index in [1.807, 2.05) is 47.7 Å². The summed E-state index contributed by atoms with van der Waals surface area (Å²) in [4.78, 5) is 14.4. The van der Waals surface area contributed by atoms with Crippen molar-refractivity contribution in [2.24, 2.45) is 0 Å². The van der Waals surface area contributed by atoms with Gasteiger partial charge in [0.15, 0.2) is 0 Å². The second-order valence-corrected chi connectivity index (χ2v) is 5.67. The first kappa shape index (κ1) is 14.1. The Morgan fingerprint density at radius 3 is 2.86 bits per heavy atom. The molecule has 0 atom stereocenters. The van der Waals surface area contributed by atoms with Crippen LogP contribution in [0.2, 0.25) is 5.02 Å². The van der Waals surface area contributed by atoms with Crippen LogP contribution in [0.3, 0.4) is 0 Å². The minimum absolute atomic E-state index is 0.0782. The van der Waals surface area contributed by atoms with Crippen LogP contribution in [0.25, 0.3) is 0 Å². The Balaban J connectivity index is 1.89. The maximum absolute atomic E-state index is 12.6. The van der Waals surface area contributed by atoms with Crippen molar-refractivity contribution in [3.8, 4) is 0 Å². The van der Waals surface area contributed by atoms with Gasteiger partial charge in [-0.25, -0.2) is 0 Å². The summed E-state index contributed by atoms with van der Waals surface area (Å²) in [5, 5.41) is 5.08. The van der Waals surface area contributed by atoms with Gasteiger partial charge in [-0.1, -0.05) is 29.8 Å². The Morgan fingerprint density at radius 1 is 1.33 bits per heavy atom. The minimum Gasteiger partial charge on any atom is -0.332 e. The fourth-order valence-electron chi connectivity index (χ4n) is 2.83. The first-order chi connectivity index (χ1) is 10.1. The molecule has 110 valence electrons. The quantitative estimate of drug-likeness (QED) is 0.874. The van der Waals surface area contributed by atoms with Gasteiger partial charge in [-0.3, -0.25) is 9.48 Å². The maximum atomic E-state index is 12.6. The van der Waals surface area contributed by atoms with Crippen LogP contribution in [0, 0.1) is 6.92 Å². The van der Waals surface area contributed by atoms with Gasteiger partial charge in [0, 0.05) is 18.7 Å². The Kier molecular flexibility index (Phi) is 3.72. The predicted molar refractivity (Wildman–Crippen MR) is 82.5 cm³/mol. The van der Waals surface area contributed by atoms with E-state index in [2.05, 4.69) is 5.10 Å². The number of fused-ring (bicyclic) bond motifs is 1. The Bertz CT molecular complexity index is 693. The summed E-state index contributed by atoms with van der Waals surface area (Å²) in [6, 6.07) is 7.81. The average molecular weight is 304 g/mol. The number of rotatable bonds is 3. The number of benzene rings is 1. The van der Waals surface area contributed by atoms with Gasteiger partial charge in [0.1, 0.15) is 0 Å². The van der Waals surface area contributed by atoms with Crippen molar-refractivity contribution in [3.05, 3.63) is 51.8 Å². The van der Waals surface area contributed by atoms with Crippen LogP contribution >= 0.6 is 11.6 Å². The van der Waals surface area contributed by atoms with Crippen LogP contribution in [-0.4, -0.2) is 27.1 Å². The van der Waals surface area contributed by atoms with Crippen LogP contribution in [0.1, 0.15) is 34.2 Å². The number of nitrogens with zero attached hydrogens (tertiary/aromatic N) is 3. The van der Waals surface area contributed by atoms with E-state index >= 15 is 0 Å². The predicted octanol–water partition coefficient (Wildman–Crippen LogP) is 3.06. The minimum atomic E-state index is 0.0782. The highest BCUT2D eigenvalue weighted by atomic mass is 35.5. The molecule has 5 heteroatoms. The smallest absolute Gasteiger partial charge is 0.254 e. The first-order valence-electron chi connectivity index (χ1n) is 7.20. The topological polar surface area (TPSA) is 38.1 Å². The lowest BCUT2D eigenvalue weighted by molar-refractivity contribution is 0.0722. The molecule has 0 fully saturated rings. The summed E-state index contributed by atoms with van der Waals surface area (Å²) in [5.74, 6) is 0.0782. The van der Waals surface area contributed by atoms with Crippen molar-refractivity contribution >= 4 is 17.5 Å². The van der Waals surface area contributed by atoms with Crippen LogP contribution in [-0.2, 0) is 19.5 Å². The molecular formula is C16H18ClN3O. The Hall–Kier alpha value is -1.81. The van der Waals surface area contributed by atoms with Gasteiger partial charge in [-0.2, -0.15) is 5.10 Å². The van der Waals surface area contributed by atoms with Crippen LogP contribution in [0.4, 0.5) is 0 Å². The van der Waals surface area contributed by atoms with E-state index in [1.165, 1.54) is 0 Å². The monoisotopic (exact) mass is 303 g/mol. The normalized spacial score (nSPS) is 14.4. The fourth-order valence-corrected chi connectivity index (χ4v) is 3.02. The third kappa shape index (κ3) is 2.44. The van der Waals surface area contributed by atoms with Crippen molar-refractivity contribution in [2.75, 3.05) is 6.54 Å². The highest BCUT2D eigenvalue weighted by molar-refractivity contribution is 6.31. The number of hydrogen-bond acceptors (Lipinski definition) is 2. The van der Waals surface area contributed by atoms with Gasteiger partial charge in [-0.15, -0.1) is 0 Å². The lowest BCUT2D eigenvalue weighted by Gasteiger charge is -2.28. The third-order valence-electron chi connectivity index (χ3n) is 3.98. The van der Waals surface area contributed by atoms with Gasteiger partial charge in [0.2, 0.25) is 0 Å². The summed E-state index contributed by atoms with van der Waals surface area (Å²) in [7, 11) is 0. The molecule has 0 unspecified atom stereocenters. The SMILES string of the molecule is CCn1nc(C)c(Cl)c1CN1CCc2ccccc2C1=O. The molecule has 2 heterocycles. The summed E-state index contributed by atoms with van der Waals surface area (Å²) in [6.07, 6.45) is 0.888. The molecule has 0 N–H and O–H groups in total. The zero-order valence-electron chi connectivity index (χ0n) is 12.3. The molecule has 0 saturated carbocycles. The molecule has 1 aromatic heterocycles. The molecule has 0 radical (unpaired) electrons. The molecule has 1 aliphatic rings. The van der Waals surface area contributed by atoms with Gasteiger partial charge in [0.05, 0.1) is 23.0 Å². The molecule has 1 aliphatic heterocycles. The van der Waals surface area contributed by atoms with Gasteiger partial charge >= 0.3 is 0 Å². The number of aromatic nitrogens is 2. The van der Waals surface area contributed by atoms with E-state index in [-0.39, 0.29) is 5.91 Å². The molecule has 4 nitrogen and oxygen atoms in total. The second kappa shape index (κ2) is 5.53. The van der Waals surface area contributed by atoms with Crippen molar-refractivity contribution in [1.29, 1.82) is 0 Å². The summed E-state index contributed by atoms with van der Waals surface area (Å²) < 4.78 is 1.88.